The quantitative estimate of drug-likeness (QED) is 0.199. The maximum atomic E-state index is 13.1. The largest absolute Gasteiger partial charge is 0.382 e. The Morgan fingerprint density at radius 2 is 2.14 bits per heavy atom. The number of ether oxygens (including phenoxy) is 1. The van der Waals surface area contributed by atoms with Crippen LogP contribution in [0.4, 0.5) is 11.5 Å². The molecule has 1 aromatic carbocycles. The van der Waals surface area contributed by atoms with E-state index < -0.39 is 23.7 Å². The molecule has 6 N–H and O–H groups in total. The van der Waals surface area contributed by atoms with Gasteiger partial charge >= 0.3 is 0 Å². The fourth-order valence-corrected chi connectivity index (χ4v) is 4.86. The Morgan fingerprint density at radius 3 is 2.92 bits per heavy atom. The molecule has 1 aliphatic heterocycles. The average molecular weight is 507 g/mol. The lowest BCUT2D eigenvalue weighted by molar-refractivity contribution is -0.157. The van der Waals surface area contributed by atoms with Gasteiger partial charge in [0, 0.05) is 29.2 Å². The molecule has 184 valence electrons. The molecule has 2 atom stereocenters. The summed E-state index contributed by atoms with van der Waals surface area (Å²) in [6.45, 7) is 2.01. The van der Waals surface area contributed by atoms with Crippen molar-refractivity contribution in [1.82, 2.24) is 24.2 Å². The Labute approximate surface area is 208 Å². The monoisotopic (exact) mass is 506 g/mol. The third-order valence-corrected chi connectivity index (χ3v) is 6.62. The first kappa shape index (κ1) is 23.5. The standard InChI is InChI=1S/C23H22N8O4S/c1-11(27-12-4-6-26-7-5-12)10-15(24)31-8-9-35-18(23(31)34)17(32)21-28-14-3-2-13-19(36-30-20(13)25)16(14)22(33)29-21/h2-7,10,17-18,24,32H,8-9H2,1H3,(H2,25,30)(H,26,27)(H,28,29,33)/b11-10-,24-15?. The lowest BCUT2D eigenvalue weighted by atomic mass is 10.1. The molecule has 13 heteroatoms. The SMILES string of the molecule is C/C(=C/C(=N)N1CCOC(C(O)c2nc(=O)c3c(ccc4c(N)nsc43)[nH]2)C1=O)Nc1ccncc1. The van der Waals surface area contributed by atoms with Crippen molar-refractivity contribution in [1.29, 1.82) is 5.41 Å². The van der Waals surface area contributed by atoms with Gasteiger partial charge in [-0.1, -0.05) is 0 Å². The molecule has 1 aliphatic rings. The number of H-pyrrole nitrogens is 1. The first-order chi connectivity index (χ1) is 17.3. The smallest absolute Gasteiger partial charge is 0.282 e. The van der Waals surface area contributed by atoms with Crippen molar-refractivity contribution < 1.29 is 14.6 Å². The van der Waals surface area contributed by atoms with E-state index in [0.29, 0.717) is 32.5 Å². The number of hydrogen-bond donors (Lipinski definition) is 5. The first-order valence-corrected chi connectivity index (χ1v) is 11.7. The van der Waals surface area contributed by atoms with Crippen molar-refractivity contribution in [3.05, 3.63) is 64.6 Å². The molecule has 0 spiro atoms. The summed E-state index contributed by atoms with van der Waals surface area (Å²) < 4.78 is 10.2. The molecule has 3 aromatic heterocycles. The lowest BCUT2D eigenvalue weighted by Gasteiger charge is -2.33. The van der Waals surface area contributed by atoms with Crippen molar-refractivity contribution in [2.24, 2.45) is 0 Å². The number of anilines is 2. The van der Waals surface area contributed by atoms with Crippen LogP contribution in [0.15, 0.2) is 53.2 Å². The second kappa shape index (κ2) is 9.45. The Kier molecular flexibility index (Phi) is 6.18. The normalized spacial score (nSPS) is 17.5. The first-order valence-electron chi connectivity index (χ1n) is 11.0. The number of aliphatic hydroxyl groups is 1. The van der Waals surface area contributed by atoms with Gasteiger partial charge in [-0.25, -0.2) is 0 Å². The number of allylic oxidation sites excluding steroid dienone is 1. The number of fused-ring (bicyclic) bond motifs is 3. The maximum absolute atomic E-state index is 13.1. The van der Waals surface area contributed by atoms with E-state index in [0.717, 1.165) is 17.2 Å². The molecular weight excluding hydrogens is 484 g/mol. The van der Waals surface area contributed by atoms with E-state index in [-0.39, 0.29) is 24.8 Å². The number of amidine groups is 1. The van der Waals surface area contributed by atoms with Gasteiger partial charge in [-0.15, -0.1) is 0 Å². The van der Waals surface area contributed by atoms with Crippen LogP contribution in [0.2, 0.25) is 0 Å². The third kappa shape index (κ3) is 4.30. The van der Waals surface area contributed by atoms with Gasteiger partial charge < -0.3 is 25.9 Å². The molecule has 0 bridgehead atoms. The van der Waals surface area contributed by atoms with Crippen molar-refractivity contribution in [2.45, 2.75) is 19.1 Å². The van der Waals surface area contributed by atoms with E-state index in [2.05, 4.69) is 24.6 Å². The molecule has 36 heavy (non-hydrogen) atoms. The highest BCUT2D eigenvalue weighted by atomic mass is 32.1. The molecule has 0 saturated carbocycles. The minimum absolute atomic E-state index is 0.0651. The van der Waals surface area contributed by atoms with Crippen LogP contribution in [0.25, 0.3) is 21.0 Å². The van der Waals surface area contributed by atoms with Gasteiger partial charge in [0.25, 0.3) is 11.5 Å². The van der Waals surface area contributed by atoms with Crippen LogP contribution in [-0.4, -0.2) is 60.3 Å². The number of carbonyl (C=O) groups excluding carboxylic acids is 1. The fraction of sp³-hybridized carbons (Fsp3) is 0.217. The summed E-state index contributed by atoms with van der Waals surface area (Å²) in [5.74, 6) is -0.462. The highest BCUT2D eigenvalue weighted by molar-refractivity contribution is 7.14. The number of carbonyl (C=O) groups is 1. The predicted molar refractivity (Wildman–Crippen MR) is 136 cm³/mol. The molecule has 0 aliphatic carbocycles. The van der Waals surface area contributed by atoms with Crippen LogP contribution in [0, 0.1) is 5.41 Å². The number of rotatable bonds is 5. The molecule has 4 aromatic rings. The lowest BCUT2D eigenvalue weighted by Crippen LogP contribution is -2.52. The number of nitrogens with zero attached hydrogens (tertiary/aromatic N) is 4. The summed E-state index contributed by atoms with van der Waals surface area (Å²) in [5.41, 5.74) is 7.12. The fourth-order valence-electron chi connectivity index (χ4n) is 4.01. The van der Waals surface area contributed by atoms with Gasteiger partial charge in [-0.05, 0) is 48.8 Å². The molecular formula is C23H22N8O4S. The zero-order valence-corrected chi connectivity index (χ0v) is 19.9. The topological polar surface area (TPSA) is 183 Å². The summed E-state index contributed by atoms with van der Waals surface area (Å²) in [6, 6.07) is 6.93. The molecule has 0 radical (unpaired) electrons. The van der Waals surface area contributed by atoms with Crippen molar-refractivity contribution >= 4 is 55.8 Å². The van der Waals surface area contributed by atoms with E-state index in [4.69, 9.17) is 15.9 Å². The van der Waals surface area contributed by atoms with Gasteiger partial charge in [-0.2, -0.15) is 9.36 Å². The number of nitrogens with two attached hydrogens (primary N) is 1. The highest BCUT2D eigenvalue weighted by Crippen LogP contribution is 2.30. The molecule has 5 rings (SSSR count). The van der Waals surface area contributed by atoms with Crippen molar-refractivity contribution in [2.75, 3.05) is 24.2 Å². The minimum atomic E-state index is -1.55. The number of nitrogen functional groups attached to an aromatic ring is 1. The number of aliphatic hydroxyl groups excluding tert-OH is 1. The zero-order valence-electron chi connectivity index (χ0n) is 19.1. The number of hydrogen-bond acceptors (Lipinski definition) is 11. The second-order valence-corrected chi connectivity index (χ2v) is 8.93. The number of benzene rings is 1. The van der Waals surface area contributed by atoms with Crippen LogP contribution < -0.4 is 16.6 Å². The van der Waals surface area contributed by atoms with E-state index in [9.17, 15) is 14.7 Å². The molecule has 12 nitrogen and oxygen atoms in total. The van der Waals surface area contributed by atoms with E-state index >= 15 is 0 Å². The Balaban J connectivity index is 1.38. The number of amides is 1. The molecule has 1 saturated heterocycles. The van der Waals surface area contributed by atoms with Gasteiger partial charge in [0.1, 0.15) is 23.6 Å². The molecule has 1 amide bonds. The van der Waals surface area contributed by atoms with Crippen molar-refractivity contribution in [3.8, 4) is 0 Å². The van der Waals surface area contributed by atoms with Gasteiger partial charge in [-0.3, -0.25) is 24.9 Å². The highest BCUT2D eigenvalue weighted by Gasteiger charge is 2.38. The van der Waals surface area contributed by atoms with Crippen LogP contribution in [0.1, 0.15) is 18.9 Å². The summed E-state index contributed by atoms with van der Waals surface area (Å²) >= 11 is 1.09. The average Bonchev–Trinajstić information content (AvgIpc) is 3.24. The number of pyridine rings is 1. The zero-order chi connectivity index (χ0) is 25.4. The molecule has 2 unspecified atom stereocenters. The number of nitrogens with one attached hydrogen (secondary N) is 3. The van der Waals surface area contributed by atoms with Gasteiger partial charge in [0.05, 0.1) is 28.8 Å². The summed E-state index contributed by atoms with van der Waals surface area (Å²) in [6.07, 6.45) is 1.89. The van der Waals surface area contributed by atoms with Crippen LogP contribution >= 0.6 is 11.5 Å². The van der Waals surface area contributed by atoms with Crippen LogP contribution in [-0.2, 0) is 9.53 Å². The number of morpholine rings is 1. The summed E-state index contributed by atoms with van der Waals surface area (Å²) in [5, 5.41) is 23.4. The van der Waals surface area contributed by atoms with Gasteiger partial charge in [0.15, 0.2) is 6.10 Å². The number of aromatic nitrogens is 4. The van der Waals surface area contributed by atoms with Crippen LogP contribution in [0.3, 0.4) is 0 Å². The van der Waals surface area contributed by atoms with E-state index in [1.165, 1.54) is 11.0 Å². The predicted octanol–water partition coefficient (Wildman–Crippen LogP) is 1.76. The number of aromatic amines is 1. The van der Waals surface area contributed by atoms with Crippen molar-refractivity contribution in [3.63, 3.8) is 0 Å². The Bertz CT molecular complexity index is 1570. The third-order valence-electron chi connectivity index (χ3n) is 5.72. The Hall–Kier alpha value is -4.20. The minimum Gasteiger partial charge on any atom is -0.382 e. The Morgan fingerprint density at radius 1 is 1.36 bits per heavy atom. The summed E-state index contributed by atoms with van der Waals surface area (Å²) in [4.78, 5) is 38.1. The van der Waals surface area contributed by atoms with Gasteiger partial charge in [0.2, 0.25) is 0 Å². The summed E-state index contributed by atoms with van der Waals surface area (Å²) in [7, 11) is 0. The molecule has 4 heterocycles. The van der Waals surface area contributed by atoms with E-state index in [1.807, 2.05) is 0 Å². The molecule has 1 fully saturated rings. The maximum Gasteiger partial charge on any atom is 0.282 e. The van der Waals surface area contributed by atoms with E-state index in [1.54, 1.807) is 43.6 Å². The van der Waals surface area contributed by atoms with Crippen LogP contribution in [0.5, 0.6) is 0 Å². The second-order valence-electron chi connectivity index (χ2n) is 8.16.